The molecule has 0 aromatic rings. The van der Waals surface area contributed by atoms with Crippen LogP contribution in [-0.2, 0) is 4.43 Å². The lowest BCUT2D eigenvalue weighted by Gasteiger charge is -2.41. The van der Waals surface area contributed by atoms with Crippen LogP contribution in [-0.4, -0.2) is 20.3 Å². The molecule has 0 spiro atoms. The van der Waals surface area contributed by atoms with Crippen LogP contribution in [0.1, 0.15) is 52.9 Å². The molecule has 0 bridgehead atoms. The summed E-state index contributed by atoms with van der Waals surface area (Å²) in [5.74, 6) is 1.28. The summed E-state index contributed by atoms with van der Waals surface area (Å²) in [7, 11) is -1.70. The van der Waals surface area contributed by atoms with Gasteiger partial charge in [0, 0.05) is 5.88 Å². The van der Waals surface area contributed by atoms with E-state index < -0.39 is 8.32 Å². The van der Waals surface area contributed by atoms with Crippen LogP contribution in [0.15, 0.2) is 12.2 Å². The molecule has 0 N–H and O–H groups in total. The van der Waals surface area contributed by atoms with Gasteiger partial charge in [-0.15, -0.1) is 11.6 Å². The molecular formula is C16H31ClOSi. The number of alkyl halides is 1. The van der Waals surface area contributed by atoms with Crippen LogP contribution in [0.4, 0.5) is 0 Å². The van der Waals surface area contributed by atoms with Crippen LogP contribution in [0, 0.1) is 5.92 Å². The van der Waals surface area contributed by atoms with E-state index in [1.807, 2.05) is 0 Å². The highest BCUT2D eigenvalue weighted by Crippen LogP contribution is 2.40. The van der Waals surface area contributed by atoms with Crippen molar-refractivity contribution < 1.29 is 4.43 Å². The first kappa shape index (κ1) is 17.3. The Kier molecular flexibility index (Phi) is 6.62. The molecule has 0 saturated heterocycles. The Morgan fingerprint density at radius 2 is 1.79 bits per heavy atom. The largest absolute Gasteiger partial charge is 0.410 e. The molecule has 1 aliphatic carbocycles. The summed E-state index contributed by atoms with van der Waals surface area (Å²) in [6, 6.07) is 0. The average Bonchev–Trinajstić information content (AvgIpc) is 2.34. The van der Waals surface area contributed by atoms with Crippen LogP contribution in [0.25, 0.3) is 0 Å². The number of hydrogen-bond donors (Lipinski definition) is 0. The SMILES string of the molecule is CC(C)(C)[Si](C)(C)OC(/C=C/CCl)C1CCCCC1. The van der Waals surface area contributed by atoms with E-state index in [9.17, 15) is 0 Å². The van der Waals surface area contributed by atoms with Crippen molar-refractivity contribution in [1.82, 2.24) is 0 Å². The van der Waals surface area contributed by atoms with E-state index in [4.69, 9.17) is 16.0 Å². The molecule has 112 valence electrons. The van der Waals surface area contributed by atoms with Crippen LogP contribution in [0.3, 0.4) is 0 Å². The predicted octanol–water partition coefficient (Wildman–Crippen LogP) is 5.75. The van der Waals surface area contributed by atoms with E-state index in [1.165, 1.54) is 32.1 Å². The third-order valence-electron chi connectivity index (χ3n) is 4.77. The zero-order chi connectivity index (χ0) is 14.5. The van der Waals surface area contributed by atoms with Crippen molar-refractivity contribution in [3.05, 3.63) is 12.2 Å². The monoisotopic (exact) mass is 302 g/mol. The van der Waals surface area contributed by atoms with Crippen molar-refractivity contribution in [1.29, 1.82) is 0 Å². The maximum atomic E-state index is 6.64. The van der Waals surface area contributed by atoms with E-state index >= 15 is 0 Å². The van der Waals surface area contributed by atoms with E-state index in [2.05, 4.69) is 46.0 Å². The summed E-state index contributed by atoms with van der Waals surface area (Å²) in [6.07, 6.45) is 11.3. The minimum atomic E-state index is -1.70. The standard InChI is InChI=1S/C16H31ClOSi/c1-16(2,3)19(4,5)18-15(12-9-13-17)14-10-7-6-8-11-14/h9,12,14-15H,6-8,10-11,13H2,1-5H3/b12-9+. The molecule has 0 aromatic heterocycles. The minimum absolute atomic E-state index is 0.273. The molecule has 1 fully saturated rings. The van der Waals surface area contributed by atoms with Crippen molar-refractivity contribution in [3.8, 4) is 0 Å². The normalized spacial score (nSPS) is 20.9. The number of halogens is 1. The number of hydrogen-bond acceptors (Lipinski definition) is 1. The highest BCUT2D eigenvalue weighted by Gasteiger charge is 2.40. The maximum Gasteiger partial charge on any atom is 0.192 e. The van der Waals surface area contributed by atoms with Crippen LogP contribution < -0.4 is 0 Å². The van der Waals surface area contributed by atoms with Crippen molar-refractivity contribution >= 4 is 19.9 Å². The first-order chi connectivity index (χ1) is 8.78. The third-order valence-corrected chi connectivity index (χ3v) is 9.42. The van der Waals surface area contributed by atoms with Gasteiger partial charge in [0.05, 0.1) is 6.10 Å². The summed E-state index contributed by atoms with van der Waals surface area (Å²) in [4.78, 5) is 0. The summed E-state index contributed by atoms with van der Waals surface area (Å²) < 4.78 is 6.64. The topological polar surface area (TPSA) is 9.23 Å². The Morgan fingerprint density at radius 1 is 1.21 bits per heavy atom. The summed E-state index contributed by atoms with van der Waals surface area (Å²) in [5.41, 5.74) is 0. The first-order valence-electron chi connectivity index (χ1n) is 7.68. The van der Waals surface area contributed by atoms with E-state index in [0.29, 0.717) is 11.8 Å². The van der Waals surface area contributed by atoms with Gasteiger partial charge in [-0.05, 0) is 36.9 Å². The number of rotatable bonds is 5. The average molecular weight is 303 g/mol. The summed E-state index contributed by atoms with van der Waals surface area (Å²) in [5, 5.41) is 0.273. The van der Waals surface area contributed by atoms with Gasteiger partial charge in [-0.25, -0.2) is 0 Å². The quantitative estimate of drug-likeness (QED) is 0.357. The van der Waals surface area contributed by atoms with E-state index in [0.717, 1.165) is 0 Å². The molecule has 19 heavy (non-hydrogen) atoms. The molecule has 1 rings (SSSR count). The minimum Gasteiger partial charge on any atom is -0.410 e. The molecule has 3 heteroatoms. The van der Waals surface area contributed by atoms with E-state index in [-0.39, 0.29) is 11.1 Å². The Bertz CT molecular complexity index is 288. The Balaban J connectivity index is 2.76. The van der Waals surface area contributed by atoms with Gasteiger partial charge >= 0.3 is 0 Å². The van der Waals surface area contributed by atoms with Gasteiger partial charge in [0.2, 0.25) is 0 Å². The maximum absolute atomic E-state index is 6.64. The molecule has 0 radical (unpaired) electrons. The molecular weight excluding hydrogens is 272 g/mol. The van der Waals surface area contributed by atoms with Crippen molar-refractivity contribution in [2.75, 3.05) is 5.88 Å². The highest BCUT2D eigenvalue weighted by atomic mass is 35.5. The fourth-order valence-corrected chi connectivity index (χ4v) is 3.87. The fraction of sp³-hybridized carbons (Fsp3) is 0.875. The zero-order valence-electron chi connectivity index (χ0n) is 13.3. The Morgan fingerprint density at radius 3 is 2.26 bits per heavy atom. The molecule has 0 amide bonds. The second-order valence-electron chi connectivity index (χ2n) is 7.32. The lowest BCUT2D eigenvalue weighted by Crippen LogP contribution is -2.45. The summed E-state index contributed by atoms with van der Waals surface area (Å²) in [6.45, 7) is 11.6. The second kappa shape index (κ2) is 7.28. The van der Waals surface area contributed by atoms with Crippen molar-refractivity contribution in [3.63, 3.8) is 0 Å². The molecule has 1 saturated carbocycles. The highest BCUT2D eigenvalue weighted by molar-refractivity contribution is 6.74. The predicted molar refractivity (Wildman–Crippen MR) is 88.5 cm³/mol. The van der Waals surface area contributed by atoms with Gasteiger partial charge in [-0.1, -0.05) is 52.2 Å². The lowest BCUT2D eigenvalue weighted by molar-refractivity contribution is 0.132. The zero-order valence-corrected chi connectivity index (χ0v) is 15.1. The van der Waals surface area contributed by atoms with Gasteiger partial charge in [0.1, 0.15) is 0 Å². The first-order valence-corrected chi connectivity index (χ1v) is 11.1. The molecule has 1 atom stereocenters. The lowest BCUT2D eigenvalue weighted by atomic mass is 9.85. The third kappa shape index (κ3) is 5.24. The molecule has 1 unspecified atom stereocenters. The Labute approximate surface area is 125 Å². The van der Waals surface area contributed by atoms with Crippen LogP contribution >= 0.6 is 11.6 Å². The number of allylic oxidation sites excluding steroid dienone is 1. The molecule has 1 nitrogen and oxygen atoms in total. The van der Waals surface area contributed by atoms with Gasteiger partial charge in [-0.3, -0.25) is 0 Å². The fourth-order valence-electron chi connectivity index (χ4n) is 2.46. The van der Waals surface area contributed by atoms with Gasteiger partial charge in [0.25, 0.3) is 0 Å². The molecule has 0 heterocycles. The van der Waals surface area contributed by atoms with Gasteiger partial charge < -0.3 is 4.43 Å². The van der Waals surface area contributed by atoms with Gasteiger partial charge in [0.15, 0.2) is 8.32 Å². The van der Waals surface area contributed by atoms with Crippen molar-refractivity contribution in [2.24, 2.45) is 5.92 Å². The van der Waals surface area contributed by atoms with E-state index in [1.54, 1.807) is 0 Å². The Hall–Kier alpha value is 0.207. The second-order valence-corrected chi connectivity index (χ2v) is 12.4. The molecule has 1 aliphatic rings. The summed E-state index contributed by atoms with van der Waals surface area (Å²) >= 11 is 5.81. The van der Waals surface area contributed by atoms with Crippen molar-refractivity contribution in [2.45, 2.75) is 77.1 Å². The molecule has 0 aliphatic heterocycles. The van der Waals surface area contributed by atoms with Gasteiger partial charge in [-0.2, -0.15) is 0 Å². The van der Waals surface area contributed by atoms with Crippen LogP contribution in [0.5, 0.6) is 0 Å². The molecule has 0 aromatic carbocycles. The smallest absolute Gasteiger partial charge is 0.192 e. The van der Waals surface area contributed by atoms with Crippen LogP contribution in [0.2, 0.25) is 18.1 Å².